The smallest absolute Gasteiger partial charge is 0.310 e. The van der Waals surface area contributed by atoms with Crippen LogP contribution < -0.4 is 4.74 Å². The van der Waals surface area contributed by atoms with Gasteiger partial charge in [-0.1, -0.05) is 11.6 Å². The van der Waals surface area contributed by atoms with Crippen molar-refractivity contribution in [3.8, 4) is 5.75 Å². The van der Waals surface area contributed by atoms with Gasteiger partial charge < -0.3 is 9.47 Å². The van der Waals surface area contributed by atoms with Crippen LogP contribution in [0.1, 0.15) is 31.4 Å². The molecule has 3 heteroatoms. The molecule has 0 N–H and O–H groups in total. The fraction of sp³-hybridized carbons (Fsp3) is 0.400. The maximum atomic E-state index is 11.6. The van der Waals surface area contributed by atoms with Crippen molar-refractivity contribution in [2.45, 2.75) is 26.7 Å². The first-order valence-corrected chi connectivity index (χ1v) is 6.17. The van der Waals surface area contributed by atoms with Crippen LogP contribution in [0.25, 0.3) is 5.57 Å². The summed E-state index contributed by atoms with van der Waals surface area (Å²) < 4.78 is 10.3. The van der Waals surface area contributed by atoms with Gasteiger partial charge in [-0.3, -0.25) is 4.79 Å². The van der Waals surface area contributed by atoms with E-state index in [4.69, 9.17) is 9.47 Å². The lowest BCUT2D eigenvalue weighted by Gasteiger charge is -2.08. The minimum atomic E-state index is -0.164. The number of carbonyl (C=O) groups excluding carboxylic acids is 1. The summed E-state index contributed by atoms with van der Waals surface area (Å²) in [6.45, 7) is 4.32. The molecule has 0 aliphatic heterocycles. The van der Waals surface area contributed by atoms with Crippen LogP contribution in [0.5, 0.6) is 5.75 Å². The van der Waals surface area contributed by atoms with E-state index >= 15 is 0 Å². The number of carbonyl (C=O) groups is 1. The zero-order valence-electron chi connectivity index (χ0n) is 11.1. The van der Waals surface area contributed by atoms with Gasteiger partial charge in [-0.25, -0.2) is 0 Å². The molecule has 0 fully saturated rings. The molecule has 0 saturated heterocycles. The number of rotatable bonds is 4. The number of allylic oxidation sites excluding steroid dienone is 1. The standard InChI is InChI=1S/C15H18O3/c1-4-18-15(16)9-13-10(2)7-11-5-6-12(17-3)8-14(11)13/h5-6,8H,4,7,9H2,1-3H3. The van der Waals surface area contributed by atoms with Crippen LogP contribution >= 0.6 is 0 Å². The second-order valence-electron chi connectivity index (χ2n) is 4.44. The normalized spacial score (nSPS) is 13.5. The first kappa shape index (κ1) is 12.7. The predicted molar refractivity (Wildman–Crippen MR) is 70.5 cm³/mol. The van der Waals surface area contributed by atoms with Crippen molar-refractivity contribution in [2.75, 3.05) is 13.7 Å². The van der Waals surface area contributed by atoms with Crippen LogP contribution in [-0.4, -0.2) is 19.7 Å². The van der Waals surface area contributed by atoms with Gasteiger partial charge in [-0.15, -0.1) is 0 Å². The summed E-state index contributed by atoms with van der Waals surface area (Å²) in [6.07, 6.45) is 1.26. The van der Waals surface area contributed by atoms with Crippen LogP contribution in [-0.2, 0) is 16.0 Å². The SMILES string of the molecule is CCOC(=O)CC1=C(C)Cc2ccc(OC)cc21. The van der Waals surface area contributed by atoms with E-state index in [0.29, 0.717) is 13.0 Å². The van der Waals surface area contributed by atoms with Gasteiger partial charge in [0, 0.05) is 0 Å². The average molecular weight is 246 g/mol. The number of esters is 1. The molecule has 1 aliphatic rings. The molecule has 1 aromatic carbocycles. The number of hydrogen-bond acceptors (Lipinski definition) is 3. The zero-order valence-corrected chi connectivity index (χ0v) is 11.1. The van der Waals surface area contributed by atoms with Gasteiger partial charge in [0.1, 0.15) is 5.75 Å². The van der Waals surface area contributed by atoms with Crippen LogP contribution in [0.2, 0.25) is 0 Å². The third-order valence-electron chi connectivity index (χ3n) is 3.24. The molecule has 0 bridgehead atoms. The van der Waals surface area contributed by atoms with E-state index in [-0.39, 0.29) is 5.97 Å². The third-order valence-corrected chi connectivity index (χ3v) is 3.24. The molecule has 0 saturated carbocycles. The molecule has 96 valence electrons. The van der Waals surface area contributed by atoms with Gasteiger partial charge in [-0.2, -0.15) is 0 Å². The average Bonchev–Trinajstić information content (AvgIpc) is 2.65. The molecular weight excluding hydrogens is 228 g/mol. The molecule has 0 heterocycles. The van der Waals surface area contributed by atoms with Crippen molar-refractivity contribution in [3.05, 3.63) is 34.9 Å². The summed E-state index contributed by atoms with van der Waals surface area (Å²) in [7, 11) is 1.65. The molecular formula is C15H18O3. The van der Waals surface area contributed by atoms with Crippen LogP contribution in [0.4, 0.5) is 0 Å². The predicted octanol–water partition coefficient (Wildman–Crippen LogP) is 2.98. The largest absolute Gasteiger partial charge is 0.497 e. The molecule has 1 aliphatic carbocycles. The van der Waals surface area contributed by atoms with Crippen molar-refractivity contribution >= 4 is 11.5 Å². The summed E-state index contributed by atoms with van der Waals surface area (Å²) in [5.74, 6) is 0.660. The minimum absolute atomic E-state index is 0.164. The van der Waals surface area contributed by atoms with E-state index in [2.05, 4.69) is 13.0 Å². The molecule has 1 aromatic rings. The van der Waals surface area contributed by atoms with E-state index in [1.54, 1.807) is 7.11 Å². The first-order valence-electron chi connectivity index (χ1n) is 6.17. The molecule has 0 spiro atoms. The van der Waals surface area contributed by atoms with Crippen molar-refractivity contribution in [3.63, 3.8) is 0 Å². The van der Waals surface area contributed by atoms with E-state index in [1.165, 1.54) is 11.1 Å². The van der Waals surface area contributed by atoms with Crippen LogP contribution in [0, 0.1) is 0 Å². The van der Waals surface area contributed by atoms with E-state index < -0.39 is 0 Å². The van der Waals surface area contributed by atoms with Gasteiger partial charge >= 0.3 is 5.97 Å². The summed E-state index contributed by atoms with van der Waals surface area (Å²) in [6, 6.07) is 6.02. The highest BCUT2D eigenvalue weighted by Crippen LogP contribution is 2.36. The highest BCUT2D eigenvalue weighted by Gasteiger charge is 2.21. The topological polar surface area (TPSA) is 35.5 Å². The summed E-state index contributed by atoms with van der Waals surface area (Å²) in [4.78, 5) is 11.6. The molecule has 18 heavy (non-hydrogen) atoms. The molecule has 3 nitrogen and oxygen atoms in total. The monoisotopic (exact) mass is 246 g/mol. The molecule has 0 aromatic heterocycles. The maximum Gasteiger partial charge on any atom is 0.310 e. The molecule has 0 atom stereocenters. The Kier molecular flexibility index (Phi) is 3.70. The summed E-state index contributed by atoms with van der Waals surface area (Å²) in [5, 5.41) is 0. The molecule has 0 amide bonds. The quantitative estimate of drug-likeness (QED) is 0.766. The first-order chi connectivity index (χ1) is 8.65. The Morgan fingerprint density at radius 3 is 2.83 bits per heavy atom. The minimum Gasteiger partial charge on any atom is -0.497 e. The van der Waals surface area contributed by atoms with Gasteiger partial charge in [0.05, 0.1) is 20.1 Å². The second-order valence-corrected chi connectivity index (χ2v) is 4.44. The van der Waals surface area contributed by atoms with E-state index in [9.17, 15) is 4.79 Å². The second kappa shape index (κ2) is 5.25. The van der Waals surface area contributed by atoms with Crippen molar-refractivity contribution in [1.29, 1.82) is 0 Å². The Morgan fingerprint density at radius 1 is 1.39 bits per heavy atom. The third kappa shape index (κ3) is 2.40. The number of benzene rings is 1. The molecule has 0 radical (unpaired) electrons. The fourth-order valence-corrected chi connectivity index (χ4v) is 2.34. The van der Waals surface area contributed by atoms with Gasteiger partial charge in [0.2, 0.25) is 0 Å². The number of fused-ring (bicyclic) bond motifs is 1. The van der Waals surface area contributed by atoms with Crippen LogP contribution in [0.3, 0.4) is 0 Å². The van der Waals surface area contributed by atoms with Crippen molar-refractivity contribution in [2.24, 2.45) is 0 Å². The Hall–Kier alpha value is -1.77. The Balaban J connectivity index is 2.27. The lowest BCUT2D eigenvalue weighted by molar-refractivity contribution is -0.141. The summed E-state index contributed by atoms with van der Waals surface area (Å²) in [5.41, 5.74) is 4.71. The van der Waals surface area contributed by atoms with E-state index in [0.717, 1.165) is 23.3 Å². The molecule has 2 rings (SSSR count). The highest BCUT2D eigenvalue weighted by atomic mass is 16.5. The zero-order chi connectivity index (χ0) is 13.1. The lowest BCUT2D eigenvalue weighted by Crippen LogP contribution is -2.04. The number of ether oxygens (including phenoxy) is 2. The van der Waals surface area contributed by atoms with Gasteiger partial charge in [0.25, 0.3) is 0 Å². The highest BCUT2D eigenvalue weighted by molar-refractivity contribution is 5.89. The number of methoxy groups -OCH3 is 1. The van der Waals surface area contributed by atoms with Crippen molar-refractivity contribution in [1.82, 2.24) is 0 Å². The number of hydrogen-bond donors (Lipinski definition) is 0. The molecule has 0 unspecified atom stereocenters. The van der Waals surface area contributed by atoms with Crippen molar-refractivity contribution < 1.29 is 14.3 Å². The Morgan fingerprint density at radius 2 is 2.17 bits per heavy atom. The van der Waals surface area contributed by atoms with Gasteiger partial charge in [-0.05, 0) is 49.1 Å². The fourth-order valence-electron chi connectivity index (χ4n) is 2.34. The Bertz CT molecular complexity index is 500. The Labute approximate surface area is 107 Å². The van der Waals surface area contributed by atoms with E-state index in [1.807, 2.05) is 19.1 Å². The van der Waals surface area contributed by atoms with Gasteiger partial charge in [0.15, 0.2) is 0 Å². The lowest BCUT2D eigenvalue weighted by atomic mass is 10.0. The summed E-state index contributed by atoms with van der Waals surface area (Å²) >= 11 is 0. The van der Waals surface area contributed by atoms with Crippen LogP contribution in [0.15, 0.2) is 23.8 Å². The maximum absolute atomic E-state index is 11.6.